The lowest BCUT2D eigenvalue weighted by atomic mass is 9.97. The lowest BCUT2D eigenvalue weighted by molar-refractivity contribution is -0.120. The normalized spacial score (nSPS) is 20.6. The van der Waals surface area contributed by atoms with E-state index in [1.54, 1.807) is 0 Å². The summed E-state index contributed by atoms with van der Waals surface area (Å²) >= 11 is 0. The van der Waals surface area contributed by atoms with Crippen molar-refractivity contribution in [2.45, 2.75) is 6.92 Å². The second-order valence-electron chi connectivity index (χ2n) is 5.64. The first-order chi connectivity index (χ1) is 10.7. The van der Waals surface area contributed by atoms with Gasteiger partial charge in [-0.25, -0.2) is 0 Å². The molecule has 2 aromatic rings. The molecule has 4 heteroatoms. The minimum absolute atomic E-state index is 0.00443. The second-order valence-corrected chi connectivity index (χ2v) is 5.64. The fraction of sp³-hybridized carbons (Fsp3) is 0.278. The second kappa shape index (κ2) is 6.62. The standard InChI is InChI=1S/C18H20N2O2/c1-13-11-19-12-15(13)18(21)20-16-9-5-6-10-17(16)22-14-7-3-2-4-8-14/h2-10,13,15,19H,11-12H2,1H3,(H,20,21)/t13-,15-/m1/s1. The molecule has 1 aliphatic heterocycles. The first kappa shape index (κ1) is 14.6. The van der Waals surface area contributed by atoms with Crippen molar-refractivity contribution >= 4 is 11.6 Å². The third kappa shape index (κ3) is 3.28. The molecule has 3 rings (SSSR count). The Hall–Kier alpha value is -2.33. The molecule has 0 aromatic heterocycles. The molecule has 1 fully saturated rings. The van der Waals surface area contributed by atoms with Crippen molar-refractivity contribution in [3.63, 3.8) is 0 Å². The van der Waals surface area contributed by atoms with Gasteiger partial charge >= 0.3 is 0 Å². The van der Waals surface area contributed by atoms with E-state index in [1.807, 2.05) is 54.6 Å². The number of carbonyl (C=O) groups excluding carboxylic acids is 1. The van der Waals surface area contributed by atoms with Crippen LogP contribution in [0.2, 0.25) is 0 Å². The molecule has 1 heterocycles. The van der Waals surface area contributed by atoms with E-state index in [0.29, 0.717) is 17.4 Å². The molecule has 0 aliphatic carbocycles. The summed E-state index contributed by atoms with van der Waals surface area (Å²) in [6.45, 7) is 3.71. The van der Waals surface area contributed by atoms with Crippen LogP contribution in [0.15, 0.2) is 54.6 Å². The molecule has 114 valence electrons. The van der Waals surface area contributed by atoms with Gasteiger partial charge in [0.2, 0.25) is 5.91 Å². The summed E-state index contributed by atoms with van der Waals surface area (Å²) in [4.78, 5) is 12.4. The number of hydrogen-bond acceptors (Lipinski definition) is 3. The Kier molecular flexibility index (Phi) is 4.39. The highest BCUT2D eigenvalue weighted by atomic mass is 16.5. The molecular weight excluding hydrogens is 276 g/mol. The van der Waals surface area contributed by atoms with Crippen LogP contribution in [-0.4, -0.2) is 19.0 Å². The number of anilines is 1. The van der Waals surface area contributed by atoms with Crippen LogP contribution >= 0.6 is 0 Å². The number of carbonyl (C=O) groups is 1. The van der Waals surface area contributed by atoms with Crippen molar-refractivity contribution in [1.29, 1.82) is 0 Å². The van der Waals surface area contributed by atoms with Crippen LogP contribution in [0.25, 0.3) is 0 Å². The Morgan fingerprint density at radius 3 is 2.55 bits per heavy atom. The van der Waals surface area contributed by atoms with E-state index in [0.717, 1.165) is 18.8 Å². The Balaban J connectivity index is 1.75. The van der Waals surface area contributed by atoms with Gasteiger partial charge in [0.15, 0.2) is 5.75 Å². The summed E-state index contributed by atoms with van der Waals surface area (Å²) in [6.07, 6.45) is 0. The van der Waals surface area contributed by atoms with Gasteiger partial charge in [-0.05, 0) is 36.7 Å². The highest BCUT2D eigenvalue weighted by Gasteiger charge is 2.29. The van der Waals surface area contributed by atoms with Gasteiger partial charge in [-0.2, -0.15) is 0 Å². The minimum Gasteiger partial charge on any atom is -0.455 e. The SMILES string of the molecule is C[C@@H]1CNC[C@H]1C(=O)Nc1ccccc1Oc1ccccc1. The highest BCUT2D eigenvalue weighted by Crippen LogP contribution is 2.30. The van der Waals surface area contributed by atoms with Crippen molar-refractivity contribution in [1.82, 2.24) is 5.32 Å². The summed E-state index contributed by atoms with van der Waals surface area (Å²) in [5.74, 6) is 1.80. The van der Waals surface area contributed by atoms with Crippen LogP contribution in [0.5, 0.6) is 11.5 Å². The van der Waals surface area contributed by atoms with E-state index in [4.69, 9.17) is 4.74 Å². The molecule has 1 amide bonds. The number of amides is 1. The smallest absolute Gasteiger partial charge is 0.229 e. The van der Waals surface area contributed by atoms with E-state index in [1.165, 1.54) is 0 Å². The van der Waals surface area contributed by atoms with Gasteiger partial charge in [0.05, 0.1) is 11.6 Å². The van der Waals surface area contributed by atoms with E-state index < -0.39 is 0 Å². The molecule has 22 heavy (non-hydrogen) atoms. The van der Waals surface area contributed by atoms with Crippen LogP contribution in [0, 0.1) is 11.8 Å². The van der Waals surface area contributed by atoms with Crippen molar-refractivity contribution in [2.24, 2.45) is 11.8 Å². The summed E-state index contributed by atoms with van der Waals surface area (Å²) in [7, 11) is 0. The Labute approximate surface area is 130 Å². The van der Waals surface area contributed by atoms with Crippen molar-refractivity contribution in [3.8, 4) is 11.5 Å². The number of benzene rings is 2. The Morgan fingerprint density at radius 1 is 1.09 bits per heavy atom. The number of ether oxygens (including phenoxy) is 1. The summed E-state index contributed by atoms with van der Waals surface area (Å²) < 4.78 is 5.87. The molecule has 2 atom stereocenters. The quantitative estimate of drug-likeness (QED) is 0.910. The maximum absolute atomic E-state index is 12.4. The molecule has 2 aromatic carbocycles. The van der Waals surface area contributed by atoms with Crippen molar-refractivity contribution < 1.29 is 9.53 Å². The zero-order valence-corrected chi connectivity index (χ0v) is 12.6. The van der Waals surface area contributed by atoms with Crippen molar-refractivity contribution in [3.05, 3.63) is 54.6 Å². The molecular formula is C18H20N2O2. The van der Waals surface area contributed by atoms with Crippen LogP contribution in [0.1, 0.15) is 6.92 Å². The minimum atomic E-state index is 0.00443. The Bertz CT molecular complexity index is 643. The van der Waals surface area contributed by atoms with E-state index in [-0.39, 0.29) is 11.8 Å². The third-order valence-corrected chi connectivity index (χ3v) is 3.97. The number of para-hydroxylation sites is 3. The molecule has 1 aliphatic rings. The van der Waals surface area contributed by atoms with Gasteiger partial charge in [-0.3, -0.25) is 4.79 Å². The van der Waals surface area contributed by atoms with Gasteiger partial charge in [0, 0.05) is 6.54 Å². The number of hydrogen-bond donors (Lipinski definition) is 2. The average molecular weight is 296 g/mol. The van der Waals surface area contributed by atoms with Gasteiger partial charge in [0.1, 0.15) is 5.75 Å². The lowest BCUT2D eigenvalue weighted by Crippen LogP contribution is -2.27. The monoisotopic (exact) mass is 296 g/mol. The first-order valence-corrected chi connectivity index (χ1v) is 7.57. The Morgan fingerprint density at radius 2 is 1.82 bits per heavy atom. The summed E-state index contributed by atoms with van der Waals surface area (Å²) in [6, 6.07) is 17.1. The molecule has 1 saturated heterocycles. The molecule has 2 N–H and O–H groups in total. The van der Waals surface area contributed by atoms with Gasteiger partial charge in [0.25, 0.3) is 0 Å². The molecule has 0 unspecified atom stereocenters. The maximum Gasteiger partial charge on any atom is 0.229 e. The highest BCUT2D eigenvalue weighted by molar-refractivity contribution is 5.94. The predicted octanol–water partition coefficient (Wildman–Crippen LogP) is 3.27. The van der Waals surface area contributed by atoms with E-state index >= 15 is 0 Å². The summed E-state index contributed by atoms with van der Waals surface area (Å²) in [5, 5.41) is 6.25. The van der Waals surface area contributed by atoms with E-state index in [9.17, 15) is 4.79 Å². The van der Waals surface area contributed by atoms with Crippen LogP contribution in [0.4, 0.5) is 5.69 Å². The lowest BCUT2D eigenvalue weighted by Gasteiger charge is -2.16. The fourth-order valence-electron chi connectivity index (χ4n) is 2.66. The molecule has 0 saturated carbocycles. The van der Waals surface area contributed by atoms with Gasteiger partial charge in [-0.1, -0.05) is 37.3 Å². The topological polar surface area (TPSA) is 50.4 Å². The van der Waals surface area contributed by atoms with E-state index in [2.05, 4.69) is 17.6 Å². The van der Waals surface area contributed by atoms with Crippen LogP contribution < -0.4 is 15.4 Å². The summed E-state index contributed by atoms with van der Waals surface area (Å²) in [5.41, 5.74) is 0.704. The average Bonchev–Trinajstić information content (AvgIpc) is 2.96. The zero-order chi connectivity index (χ0) is 15.4. The molecule has 0 radical (unpaired) electrons. The van der Waals surface area contributed by atoms with Crippen molar-refractivity contribution in [2.75, 3.05) is 18.4 Å². The largest absolute Gasteiger partial charge is 0.455 e. The molecule has 4 nitrogen and oxygen atoms in total. The maximum atomic E-state index is 12.4. The molecule has 0 bridgehead atoms. The number of rotatable bonds is 4. The van der Waals surface area contributed by atoms with Crippen LogP contribution in [-0.2, 0) is 4.79 Å². The third-order valence-electron chi connectivity index (χ3n) is 3.97. The predicted molar refractivity (Wildman–Crippen MR) is 87.1 cm³/mol. The zero-order valence-electron chi connectivity index (χ0n) is 12.6. The molecule has 0 spiro atoms. The fourth-order valence-corrected chi connectivity index (χ4v) is 2.66. The number of nitrogens with one attached hydrogen (secondary N) is 2. The first-order valence-electron chi connectivity index (χ1n) is 7.57. The van der Waals surface area contributed by atoms with Gasteiger partial charge < -0.3 is 15.4 Å². The van der Waals surface area contributed by atoms with Gasteiger partial charge in [-0.15, -0.1) is 0 Å². The van der Waals surface area contributed by atoms with Crippen LogP contribution in [0.3, 0.4) is 0 Å².